The van der Waals surface area contributed by atoms with Gasteiger partial charge in [-0.25, -0.2) is 4.98 Å². The molecule has 0 aliphatic rings. The van der Waals surface area contributed by atoms with Gasteiger partial charge < -0.3 is 9.80 Å². The normalized spacial score (nSPS) is 12.5. The van der Waals surface area contributed by atoms with Crippen molar-refractivity contribution in [3.8, 4) is 0 Å². The number of carbonyl (C=O) groups is 1. The standard InChI is InChI=1S/C24H38N4O2/c1-6-9-10-11-16-22(29)28(18-17-26(4)5)21(7-2)23-25-20-15-13-12-14-19(20)24(30)27(23)8-3/h12-15,21H,6-11,16-18H2,1-5H3. The first-order chi connectivity index (χ1) is 14.4. The number of hydrogen-bond donors (Lipinski definition) is 0. The molecule has 2 rings (SSSR count). The SMILES string of the molecule is CCCCCCC(=O)N(CCN(C)C)C(CC)c1nc2ccccc2c(=O)n1CC. The van der Waals surface area contributed by atoms with E-state index in [4.69, 9.17) is 4.98 Å². The van der Waals surface area contributed by atoms with E-state index < -0.39 is 0 Å². The van der Waals surface area contributed by atoms with Crippen LogP contribution in [0.2, 0.25) is 0 Å². The number of carbonyl (C=O) groups excluding carboxylic acids is 1. The van der Waals surface area contributed by atoms with Gasteiger partial charge in [-0.05, 0) is 46.0 Å². The molecule has 166 valence electrons. The number of fused-ring (bicyclic) bond motifs is 1. The van der Waals surface area contributed by atoms with Crippen molar-refractivity contribution in [2.45, 2.75) is 71.9 Å². The Morgan fingerprint density at radius 3 is 2.43 bits per heavy atom. The van der Waals surface area contributed by atoms with E-state index in [2.05, 4.69) is 18.7 Å². The van der Waals surface area contributed by atoms with E-state index in [0.717, 1.165) is 38.6 Å². The average Bonchev–Trinajstić information content (AvgIpc) is 2.74. The Hall–Kier alpha value is -2.21. The maximum atomic E-state index is 13.2. The van der Waals surface area contributed by atoms with E-state index in [0.29, 0.717) is 36.2 Å². The third kappa shape index (κ3) is 5.91. The second-order valence-electron chi connectivity index (χ2n) is 8.16. The van der Waals surface area contributed by atoms with Gasteiger partial charge in [-0.2, -0.15) is 0 Å². The molecule has 1 unspecified atom stereocenters. The topological polar surface area (TPSA) is 58.4 Å². The van der Waals surface area contributed by atoms with Crippen molar-refractivity contribution < 1.29 is 4.79 Å². The predicted octanol–water partition coefficient (Wildman–Crippen LogP) is 4.23. The Bertz CT molecular complexity index is 875. The maximum Gasteiger partial charge on any atom is 0.261 e. The van der Waals surface area contributed by atoms with Gasteiger partial charge in [0.25, 0.3) is 5.56 Å². The van der Waals surface area contributed by atoms with Crippen molar-refractivity contribution in [1.29, 1.82) is 0 Å². The molecule has 6 nitrogen and oxygen atoms in total. The highest BCUT2D eigenvalue weighted by molar-refractivity contribution is 5.78. The van der Waals surface area contributed by atoms with Crippen LogP contribution < -0.4 is 5.56 Å². The Labute approximate surface area is 180 Å². The van der Waals surface area contributed by atoms with Gasteiger partial charge in [0.05, 0.1) is 16.9 Å². The van der Waals surface area contributed by atoms with Crippen LogP contribution in [0.15, 0.2) is 29.1 Å². The Balaban J connectivity index is 2.44. The number of rotatable bonds is 12. The van der Waals surface area contributed by atoms with E-state index in [9.17, 15) is 9.59 Å². The van der Waals surface area contributed by atoms with Crippen LogP contribution >= 0.6 is 0 Å². The molecule has 0 bridgehead atoms. The minimum Gasteiger partial charge on any atom is -0.331 e. The third-order valence-electron chi connectivity index (χ3n) is 5.62. The molecular weight excluding hydrogens is 376 g/mol. The fourth-order valence-electron chi connectivity index (χ4n) is 3.90. The lowest BCUT2D eigenvalue weighted by Crippen LogP contribution is -2.41. The third-order valence-corrected chi connectivity index (χ3v) is 5.62. The van der Waals surface area contributed by atoms with Crippen molar-refractivity contribution in [1.82, 2.24) is 19.4 Å². The summed E-state index contributed by atoms with van der Waals surface area (Å²) >= 11 is 0. The van der Waals surface area contributed by atoms with Crippen molar-refractivity contribution in [2.24, 2.45) is 0 Å². The van der Waals surface area contributed by atoms with Gasteiger partial charge in [0.15, 0.2) is 0 Å². The van der Waals surface area contributed by atoms with Crippen LogP contribution in [0.5, 0.6) is 0 Å². The lowest BCUT2D eigenvalue weighted by atomic mass is 10.1. The second-order valence-corrected chi connectivity index (χ2v) is 8.16. The summed E-state index contributed by atoms with van der Waals surface area (Å²) in [5, 5.41) is 0.628. The number of nitrogens with zero attached hydrogens (tertiary/aromatic N) is 4. The second kappa shape index (κ2) is 11.8. The zero-order valence-corrected chi connectivity index (χ0v) is 19.4. The zero-order valence-electron chi connectivity index (χ0n) is 19.4. The number of hydrogen-bond acceptors (Lipinski definition) is 4. The van der Waals surface area contributed by atoms with Crippen LogP contribution in [0.25, 0.3) is 10.9 Å². The fourth-order valence-corrected chi connectivity index (χ4v) is 3.90. The minimum atomic E-state index is -0.208. The monoisotopic (exact) mass is 414 g/mol. The summed E-state index contributed by atoms with van der Waals surface area (Å²) in [7, 11) is 4.03. The van der Waals surface area contributed by atoms with Crippen LogP contribution in [-0.2, 0) is 11.3 Å². The molecule has 1 aromatic carbocycles. The number of aromatic nitrogens is 2. The molecule has 1 atom stereocenters. The van der Waals surface area contributed by atoms with E-state index in [-0.39, 0.29) is 17.5 Å². The summed E-state index contributed by atoms with van der Waals surface area (Å²) in [6.07, 6.45) is 5.57. The summed E-state index contributed by atoms with van der Waals surface area (Å²) in [5.74, 6) is 0.856. The van der Waals surface area contributed by atoms with E-state index in [1.807, 2.05) is 50.2 Å². The van der Waals surface area contributed by atoms with Gasteiger partial charge in [-0.1, -0.05) is 45.2 Å². The van der Waals surface area contributed by atoms with Gasteiger partial charge in [0.1, 0.15) is 5.82 Å². The molecule has 0 saturated heterocycles. The molecule has 2 aromatic rings. The molecule has 0 aliphatic carbocycles. The zero-order chi connectivity index (χ0) is 22.1. The molecular formula is C24H38N4O2. The highest BCUT2D eigenvalue weighted by Gasteiger charge is 2.27. The Kier molecular flexibility index (Phi) is 9.50. The highest BCUT2D eigenvalue weighted by atomic mass is 16.2. The summed E-state index contributed by atoms with van der Waals surface area (Å²) in [6.45, 7) is 8.15. The van der Waals surface area contributed by atoms with Gasteiger partial charge >= 0.3 is 0 Å². The van der Waals surface area contributed by atoms with E-state index in [1.54, 1.807) is 4.57 Å². The van der Waals surface area contributed by atoms with E-state index in [1.165, 1.54) is 0 Å². The molecule has 1 heterocycles. The van der Waals surface area contributed by atoms with Crippen LogP contribution in [0.1, 0.15) is 71.2 Å². The van der Waals surface area contributed by atoms with Crippen molar-refractivity contribution >= 4 is 16.8 Å². The molecule has 0 radical (unpaired) electrons. The first kappa shape index (κ1) is 24.1. The highest BCUT2D eigenvalue weighted by Crippen LogP contribution is 2.25. The molecule has 0 spiro atoms. The van der Waals surface area contributed by atoms with Gasteiger partial charge in [-0.3, -0.25) is 14.2 Å². The molecule has 1 amide bonds. The summed E-state index contributed by atoms with van der Waals surface area (Å²) in [6, 6.07) is 7.26. The maximum absolute atomic E-state index is 13.2. The lowest BCUT2D eigenvalue weighted by Gasteiger charge is -2.33. The summed E-state index contributed by atoms with van der Waals surface area (Å²) in [5.41, 5.74) is 0.670. The van der Waals surface area contributed by atoms with Crippen molar-refractivity contribution in [3.05, 3.63) is 40.4 Å². The largest absolute Gasteiger partial charge is 0.331 e. The van der Waals surface area contributed by atoms with Gasteiger partial charge in [0, 0.05) is 26.1 Å². The number of amides is 1. The van der Waals surface area contributed by atoms with Crippen LogP contribution in [0.3, 0.4) is 0 Å². The van der Waals surface area contributed by atoms with Gasteiger partial charge in [0.2, 0.25) is 5.91 Å². The summed E-state index contributed by atoms with van der Waals surface area (Å²) in [4.78, 5) is 35.3. The molecule has 0 saturated carbocycles. The molecule has 0 aliphatic heterocycles. The van der Waals surface area contributed by atoms with Crippen LogP contribution in [0, 0.1) is 0 Å². The fraction of sp³-hybridized carbons (Fsp3) is 0.625. The minimum absolute atomic E-state index is 0.0282. The number of para-hydroxylation sites is 1. The molecule has 30 heavy (non-hydrogen) atoms. The molecule has 1 aromatic heterocycles. The van der Waals surface area contributed by atoms with Crippen LogP contribution in [0.4, 0.5) is 0 Å². The molecule has 0 N–H and O–H groups in total. The average molecular weight is 415 g/mol. The number of unbranched alkanes of at least 4 members (excludes halogenated alkanes) is 3. The number of likely N-dealkylation sites (N-methyl/N-ethyl adjacent to an activating group) is 1. The smallest absolute Gasteiger partial charge is 0.261 e. The first-order valence-corrected chi connectivity index (χ1v) is 11.4. The van der Waals surface area contributed by atoms with Gasteiger partial charge in [-0.15, -0.1) is 0 Å². The Morgan fingerprint density at radius 1 is 1.07 bits per heavy atom. The molecule has 0 fully saturated rings. The predicted molar refractivity (Wildman–Crippen MR) is 124 cm³/mol. The number of benzene rings is 1. The van der Waals surface area contributed by atoms with Crippen LogP contribution in [-0.4, -0.2) is 52.4 Å². The molecule has 6 heteroatoms. The van der Waals surface area contributed by atoms with Crippen molar-refractivity contribution in [2.75, 3.05) is 27.2 Å². The van der Waals surface area contributed by atoms with Crippen molar-refractivity contribution in [3.63, 3.8) is 0 Å². The quantitative estimate of drug-likeness (QED) is 0.488. The first-order valence-electron chi connectivity index (χ1n) is 11.4. The summed E-state index contributed by atoms with van der Waals surface area (Å²) < 4.78 is 1.74. The lowest BCUT2D eigenvalue weighted by molar-refractivity contribution is -0.134. The van der Waals surface area contributed by atoms with E-state index >= 15 is 0 Å². The Morgan fingerprint density at radius 2 is 1.80 bits per heavy atom.